The van der Waals surface area contributed by atoms with Crippen LogP contribution in [-0.4, -0.2) is 10.2 Å². The summed E-state index contributed by atoms with van der Waals surface area (Å²) in [7, 11) is 0. The van der Waals surface area contributed by atoms with Crippen molar-refractivity contribution in [1.29, 1.82) is 0 Å². The second kappa shape index (κ2) is 3.91. The Morgan fingerprint density at radius 2 is 1.21 bits per heavy atom. The van der Waals surface area contributed by atoms with Crippen molar-refractivity contribution in [3.8, 4) is 11.5 Å². The minimum absolute atomic E-state index is 0.222. The smallest absolute Gasteiger partial charge is 0.122 e. The van der Waals surface area contributed by atoms with Gasteiger partial charge in [-0.25, -0.2) is 0 Å². The SMILES string of the molecule is CC(C)c1cc(O)cc(C(C)C)c1O. The molecule has 2 heteroatoms. The molecule has 0 unspecified atom stereocenters. The first-order valence-corrected chi connectivity index (χ1v) is 4.99. The van der Waals surface area contributed by atoms with E-state index >= 15 is 0 Å². The normalized spacial score (nSPS) is 11.3. The molecule has 0 aliphatic rings. The second-order valence-corrected chi connectivity index (χ2v) is 4.28. The van der Waals surface area contributed by atoms with Crippen molar-refractivity contribution in [3.63, 3.8) is 0 Å². The van der Waals surface area contributed by atoms with Gasteiger partial charge in [-0.05, 0) is 24.0 Å². The zero-order chi connectivity index (χ0) is 10.9. The largest absolute Gasteiger partial charge is 0.508 e. The second-order valence-electron chi connectivity index (χ2n) is 4.28. The fourth-order valence-electron chi connectivity index (χ4n) is 1.54. The van der Waals surface area contributed by atoms with Crippen LogP contribution in [0.5, 0.6) is 11.5 Å². The molecule has 0 aliphatic carbocycles. The standard InChI is InChI=1S/C12H18O2/c1-7(2)10-5-9(13)6-11(8(3)4)12(10)14/h5-8,13-14H,1-4H3. The molecule has 2 N–H and O–H groups in total. The lowest BCUT2D eigenvalue weighted by molar-refractivity contribution is 0.441. The zero-order valence-electron chi connectivity index (χ0n) is 9.20. The van der Waals surface area contributed by atoms with Crippen molar-refractivity contribution >= 4 is 0 Å². The number of hydrogen-bond donors (Lipinski definition) is 2. The first-order valence-electron chi connectivity index (χ1n) is 4.99. The van der Waals surface area contributed by atoms with E-state index in [9.17, 15) is 10.2 Å². The van der Waals surface area contributed by atoms with Crippen LogP contribution in [0.4, 0.5) is 0 Å². The number of hydrogen-bond acceptors (Lipinski definition) is 2. The van der Waals surface area contributed by atoms with E-state index in [1.807, 2.05) is 27.7 Å². The Labute approximate surface area is 85.2 Å². The van der Waals surface area contributed by atoms with Gasteiger partial charge in [0.2, 0.25) is 0 Å². The van der Waals surface area contributed by atoms with Crippen LogP contribution in [0.15, 0.2) is 12.1 Å². The minimum Gasteiger partial charge on any atom is -0.508 e. The van der Waals surface area contributed by atoms with E-state index < -0.39 is 0 Å². The third-order valence-electron chi connectivity index (χ3n) is 2.40. The van der Waals surface area contributed by atoms with Gasteiger partial charge in [0.25, 0.3) is 0 Å². The molecule has 0 atom stereocenters. The van der Waals surface area contributed by atoms with Gasteiger partial charge in [0.05, 0.1) is 0 Å². The predicted octanol–water partition coefficient (Wildman–Crippen LogP) is 3.34. The van der Waals surface area contributed by atoms with Crippen molar-refractivity contribution in [1.82, 2.24) is 0 Å². The number of rotatable bonds is 2. The van der Waals surface area contributed by atoms with Crippen LogP contribution in [0.3, 0.4) is 0 Å². The third kappa shape index (κ3) is 2.00. The Bertz CT molecular complexity index is 298. The van der Waals surface area contributed by atoms with E-state index in [-0.39, 0.29) is 17.6 Å². The number of aromatic hydroxyl groups is 2. The molecule has 0 aromatic heterocycles. The molecule has 0 aliphatic heterocycles. The summed E-state index contributed by atoms with van der Waals surface area (Å²) < 4.78 is 0. The van der Waals surface area contributed by atoms with Gasteiger partial charge in [0, 0.05) is 11.1 Å². The van der Waals surface area contributed by atoms with Gasteiger partial charge in [0.15, 0.2) is 0 Å². The summed E-state index contributed by atoms with van der Waals surface area (Å²) in [5, 5.41) is 19.4. The van der Waals surface area contributed by atoms with Crippen LogP contribution in [0, 0.1) is 0 Å². The molecule has 0 saturated carbocycles. The fourth-order valence-corrected chi connectivity index (χ4v) is 1.54. The molecular formula is C12H18O2. The van der Waals surface area contributed by atoms with E-state index in [1.54, 1.807) is 12.1 Å². The van der Waals surface area contributed by atoms with Crippen molar-refractivity contribution in [2.24, 2.45) is 0 Å². The molecule has 0 radical (unpaired) electrons. The first-order chi connectivity index (χ1) is 6.43. The molecule has 0 fully saturated rings. The summed E-state index contributed by atoms with van der Waals surface area (Å²) in [5.74, 6) is 1.00. The van der Waals surface area contributed by atoms with Crippen LogP contribution in [0.1, 0.15) is 50.7 Å². The van der Waals surface area contributed by atoms with Crippen LogP contribution in [-0.2, 0) is 0 Å². The van der Waals surface area contributed by atoms with Crippen LogP contribution in [0.2, 0.25) is 0 Å². The maximum absolute atomic E-state index is 9.94. The lowest BCUT2D eigenvalue weighted by atomic mass is 9.93. The highest BCUT2D eigenvalue weighted by Gasteiger charge is 2.14. The van der Waals surface area contributed by atoms with Crippen molar-refractivity contribution in [3.05, 3.63) is 23.3 Å². The molecule has 0 amide bonds. The predicted molar refractivity (Wildman–Crippen MR) is 57.9 cm³/mol. The summed E-state index contributed by atoms with van der Waals surface area (Å²) in [4.78, 5) is 0. The Balaban J connectivity index is 3.32. The van der Waals surface area contributed by atoms with Crippen LogP contribution in [0.25, 0.3) is 0 Å². The average Bonchev–Trinajstić information content (AvgIpc) is 2.07. The van der Waals surface area contributed by atoms with Gasteiger partial charge in [-0.15, -0.1) is 0 Å². The van der Waals surface area contributed by atoms with E-state index in [4.69, 9.17) is 0 Å². The number of phenolic OH excluding ortho intramolecular Hbond substituents is 2. The van der Waals surface area contributed by atoms with Gasteiger partial charge in [-0.3, -0.25) is 0 Å². The molecule has 2 nitrogen and oxygen atoms in total. The Kier molecular flexibility index (Phi) is 3.04. The van der Waals surface area contributed by atoms with E-state index in [0.717, 1.165) is 11.1 Å². The maximum atomic E-state index is 9.94. The lowest BCUT2D eigenvalue weighted by Gasteiger charge is -2.15. The Morgan fingerprint density at radius 3 is 1.50 bits per heavy atom. The molecule has 1 aromatic carbocycles. The first kappa shape index (κ1) is 10.9. The van der Waals surface area contributed by atoms with E-state index in [1.165, 1.54) is 0 Å². The van der Waals surface area contributed by atoms with Gasteiger partial charge in [-0.2, -0.15) is 0 Å². The highest BCUT2D eigenvalue weighted by Crippen LogP contribution is 2.36. The van der Waals surface area contributed by atoms with Gasteiger partial charge < -0.3 is 10.2 Å². The topological polar surface area (TPSA) is 40.5 Å². The summed E-state index contributed by atoms with van der Waals surface area (Å²) in [5.41, 5.74) is 1.63. The maximum Gasteiger partial charge on any atom is 0.122 e. The summed E-state index contributed by atoms with van der Waals surface area (Å²) in [6, 6.07) is 3.26. The molecule has 0 bridgehead atoms. The molecular weight excluding hydrogens is 176 g/mol. The summed E-state index contributed by atoms with van der Waals surface area (Å²) >= 11 is 0. The van der Waals surface area contributed by atoms with Gasteiger partial charge in [-0.1, -0.05) is 27.7 Å². The molecule has 14 heavy (non-hydrogen) atoms. The highest BCUT2D eigenvalue weighted by molar-refractivity contribution is 5.48. The average molecular weight is 194 g/mol. The number of benzene rings is 1. The molecule has 0 heterocycles. The van der Waals surface area contributed by atoms with Gasteiger partial charge in [0.1, 0.15) is 11.5 Å². The molecule has 0 spiro atoms. The molecule has 78 valence electrons. The summed E-state index contributed by atoms with van der Waals surface area (Å²) in [6.07, 6.45) is 0. The molecule has 1 aromatic rings. The third-order valence-corrected chi connectivity index (χ3v) is 2.40. The van der Waals surface area contributed by atoms with Crippen LogP contribution < -0.4 is 0 Å². The summed E-state index contributed by atoms with van der Waals surface area (Å²) in [6.45, 7) is 7.99. The lowest BCUT2D eigenvalue weighted by Crippen LogP contribution is -1.95. The fraction of sp³-hybridized carbons (Fsp3) is 0.500. The highest BCUT2D eigenvalue weighted by atomic mass is 16.3. The zero-order valence-corrected chi connectivity index (χ0v) is 9.20. The van der Waals surface area contributed by atoms with Crippen LogP contribution >= 0.6 is 0 Å². The van der Waals surface area contributed by atoms with Gasteiger partial charge >= 0.3 is 0 Å². The number of phenols is 2. The van der Waals surface area contributed by atoms with Crippen molar-refractivity contribution in [2.75, 3.05) is 0 Å². The molecule has 0 saturated heterocycles. The Morgan fingerprint density at radius 1 is 0.857 bits per heavy atom. The van der Waals surface area contributed by atoms with E-state index in [0.29, 0.717) is 5.75 Å². The minimum atomic E-state index is 0.222. The van der Waals surface area contributed by atoms with E-state index in [2.05, 4.69) is 0 Å². The monoisotopic (exact) mass is 194 g/mol. The van der Waals surface area contributed by atoms with Crippen molar-refractivity contribution < 1.29 is 10.2 Å². The quantitative estimate of drug-likeness (QED) is 0.709. The molecule has 1 rings (SSSR count). The Hall–Kier alpha value is -1.18. The van der Waals surface area contributed by atoms with Crippen molar-refractivity contribution in [2.45, 2.75) is 39.5 Å².